The second-order valence-corrected chi connectivity index (χ2v) is 5.49. The molecule has 2 aliphatic rings. The van der Waals surface area contributed by atoms with E-state index >= 15 is 0 Å². The third kappa shape index (κ3) is 2.09. The molecule has 4 nitrogen and oxygen atoms in total. The van der Waals surface area contributed by atoms with Gasteiger partial charge in [-0.2, -0.15) is 5.10 Å². The molecule has 17 heavy (non-hydrogen) atoms. The van der Waals surface area contributed by atoms with E-state index in [1.165, 1.54) is 12.8 Å². The van der Waals surface area contributed by atoms with Crippen LogP contribution < -0.4 is 0 Å². The van der Waals surface area contributed by atoms with Crippen molar-refractivity contribution in [2.75, 3.05) is 13.1 Å². The summed E-state index contributed by atoms with van der Waals surface area (Å²) in [5.74, 6) is 0. The molecular formula is C12H18ClN3O. The Morgan fingerprint density at radius 2 is 2.00 bits per heavy atom. The van der Waals surface area contributed by atoms with E-state index in [4.69, 9.17) is 16.3 Å². The summed E-state index contributed by atoms with van der Waals surface area (Å²) in [6, 6.07) is 0. The van der Waals surface area contributed by atoms with Gasteiger partial charge in [0.1, 0.15) is 5.15 Å². The third-order valence-corrected chi connectivity index (χ3v) is 4.24. The first-order chi connectivity index (χ1) is 8.13. The normalized spacial score (nSPS) is 28.9. The Kier molecular flexibility index (Phi) is 2.89. The van der Waals surface area contributed by atoms with E-state index in [2.05, 4.69) is 10.00 Å². The average Bonchev–Trinajstić information content (AvgIpc) is 2.74. The van der Waals surface area contributed by atoms with Gasteiger partial charge in [0.15, 0.2) is 0 Å². The first-order valence-electron chi connectivity index (χ1n) is 6.19. The van der Waals surface area contributed by atoms with Crippen LogP contribution in [-0.2, 0) is 18.3 Å². The SMILES string of the molecule is Cc1nn(C)c(Cl)c1CN1CC2CCC(C1)O2. The predicted molar refractivity (Wildman–Crippen MR) is 66.1 cm³/mol. The molecule has 2 unspecified atom stereocenters. The zero-order valence-electron chi connectivity index (χ0n) is 10.3. The van der Waals surface area contributed by atoms with Crippen LogP contribution in [0.1, 0.15) is 24.1 Å². The summed E-state index contributed by atoms with van der Waals surface area (Å²) in [6.07, 6.45) is 3.29. The van der Waals surface area contributed by atoms with Crippen LogP contribution in [0.4, 0.5) is 0 Å². The van der Waals surface area contributed by atoms with Gasteiger partial charge in [-0.05, 0) is 19.8 Å². The Labute approximate surface area is 106 Å². The number of ether oxygens (including phenoxy) is 1. The fourth-order valence-corrected chi connectivity index (χ4v) is 3.14. The molecular weight excluding hydrogens is 238 g/mol. The molecule has 2 fully saturated rings. The van der Waals surface area contributed by atoms with E-state index in [1.807, 2.05) is 14.0 Å². The first-order valence-corrected chi connectivity index (χ1v) is 6.57. The van der Waals surface area contributed by atoms with Gasteiger partial charge in [0.25, 0.3) is 0 Å². The third-order valence-electron chi connectivity index (χ3n) is 3.77. The zero-order chi connectivity index (χ0) is 12.0. The van der Waals surface area contributed by atoms with Crippen molar-refractivity contribution < 1.29 is 4.74 Å². The molecule has 2 bridgehead atoms. The molecule has 94 valence electrons. The van der Waals surface area contributed by atoms with Gasteiger partial charge in [-0.15, -0.1) is 0 Å². The lowest BCUT2D eigenvalue weighted by molar-refractivity contribution is -0.0411. The standard InChI is InChI=1S/C12H18ClN3O/c1-8-11(12(13)15(2)14-8)7-16-5-9-3-4-10(6-16)17-9/h9-10H,3-7H2,1-2H3. The highest BCUT2D eigenvalue weighted by molar-refractivity contribution is 6.30. The Bertz CT molecular complexity index is 420. The van der Waals surface area contributed by atoms with E-state index in [9.17, 15) is 0 Å². The Balaban J connectivity index is 1.74. The van der Waals surface area contributed by atoms with E-state index in [0.29, 0.717) is 12.2 Å². The number of morpholine rings is 1. The van der Waals surface area contributed by atoms with Crippen LogP contribution in [-0.4, -0.2) is 40.0 Å². The monoisotopic (exact) mass is 255 g/mol. The van der Waals surface area contributed by atoms with Crippen LogP contribution in [0, 0.1) is 6.92 Å². The molecule has 2 aliphatic heterocycles. The van der Waals surface area contributed by atoms with Crippen molar-refractivity contribution in [3.05, 3.63) is 16.4 Å². The molecule has 0 amide bonds. The summed E-state index contributed by atoms with van der Waals surface area (Å²) in [4.78, 5) is 2.45. The van der Waals surface area contributed by atoms with Crippen LogP contribution in [0.2, 0.25) is 5.15 Å². The number of likely N-dealkylation sites (tertiary alicyclic amines) is 1. The molecule has 3 heterocycles. The molecule has 0 N–H and O–H groups in total. The average molecular weight is 256 g/mol. The summed E-state index contributed by atoms with van der Waals surface area (Å²) in [5, 5.41) is 5.12. The number of hydrogen-bond donors (Lipinski definition) is 0. The maximum Gasteiger partial charge on any atom is 0.131 e. The molecule has 3 rings (SSSR count). The van der Waals surface area contributed by atoms with E-state index in [1.54, 1.807) is 4.68 Å². The lowest BCUT2D eigenvalue weighted by Gasteiger charge is -2.31. The van der Waals surface area contributed by atoms with Crippen molar-refractivity contribution in [3.8, 4) is 0 Å². The van der Waals surface area contributed by atoms with Crippen molar-refractivity contribution >= 4 is 11.6 Å². The molecule has 2 saturated heterocycles. The number of rotatable bonds is 2. The lowest BCUT2D eigenvalue weighted by atomic mass is 10.2. The van der Waals surface area contributed by atoms with Gasteiger partial charge in [-0.1, -0.05) is 11.6 Å². The summed E-state index contributed by atoms with van der Waals surface area (Å²) < 4.78 is 7.59. The van der Waals surface area contributed by atoms with Crippen molar-refractivity contribution in [1.82, 2.24) is 14.7 Å². The summed E-state index contributed by atoms with van der Waals surface area (Å²) in [5.41, 5.74) is 2.20. The van der Waals surface area contributed by atoms with Gasteiger partial charge in [0.05, 0.1) is 17.9 Å². The highest BCUT2D eigenvalue weighted by Crippen LogP contribution is 2.28. The largest absolute Gasteiger partial charge is 0.372 e. The quantitative estimate of drug-likeness (QED) is 0.807. The number of hydrogen-bond acceptors (Lipinski definition) is 3. The molecule has 0 aliphatic carbocycles. The van der Waals surface area contributed by atoms with Crippen LogP contribution in [0.5, 0.6) is 0 Å². The Morgan fingerprint density at radius 1 is 1.35 bits per heavy atom. The highest BCUT2D eigenvalue weighted by atomic mass is 35.5. The lowest BCUT2D eigenvalue weighted by Crippen LogP contribution is -2.42. The summed E-state index contributed by atoms with van der Waals surface area (Å²) >= 11 is 6.26. The van der Waals surface area contributed by atoms with Gasteiger partial charge >= 0.3 is 0 Å². The van der Waals surface area contributed by atoms with Crippen molar-refractivity contribution in [2.24, 2.45) is 7.05 Å². The molecule has 1 aromatic rings. The van der Waals surface area contributed by atoms with Crippen molar-refractivity contribution in [2.45, 2.75) is 38.5 Å². The fraction of sp³-hybridized carbons (Fsp3) is 0.750. The molecule has 0 saturated carbocycles. The van der Waals surface area contributed by atoms with Gasteiger partial charge in [-0.3, -0.25) is 9.58 Å². The topological polar surface area (TPSA) is 30.3 Å². The maximum absolute atomic E-state index is 6.26. The van der Waals surface area contributed by atoms with Gasteiger partial charge in [0.2, 0.25) is 0 Å². The number of fused-ring (bicyclic) bond motifs is 2. The minimum absolute atomic E-state index is 0.435. The molecule has 0 spiro atoms. The molecule has 1 aromatic heterocycles. The summed E-state index contributed by atoms with van der Waals surface area (Å²) in [6.45, 7) is 4.98. The summed E-state index contributed by atoms with van der Waals surface area (Å²) in [7, 11) is 1.89. The molecule has 0 radical (unpaired) electrons. The van der Waals surface area contributed by atoms with Crippen LogP contribution in [0.15, 0.2) is 0 Å². The van der Waals surface area contributed by atoms with Crippen molar-refractivity contribution in [1.29, 1.82) is 0 Å². The minimum Gasteiger partial charge on any atom is -0.372 e. The number of nitrogens with zero attached hydrogens (tertiary/aromatic N) is 3. The van der Waals surface area contributed by atoms with Crippen LogP contribution in [0.3, 0.4) is 0 Å². The van der Waals surface area contributed by atoms with Gasteiger partial charge in [0, 0.05) is 32.2 Å². The fourth-order valence-electron chi connectivity index (χ4n) is 2.91. The van der Waals surface area contributed by atoms with Gasteiger partial charge < -0.3 is 4.74 Å². The first kappa shape index (κ1) is 11.5. The van der Waals surface area contributed by atoms with Gasteiger partial charge in [-0.25, -0.2) is 0 Å². The number of aryl methyl sites for hydroxylation is 2. The van der Waals surface area contributed by atoms with E-state index < -0.39 is 0 Å². The Hall–Kier alpha value is -0.580. The van der Waals surface area contributed by atoms with Crippen LogP contribution >= 0.6 is 11.6 Å². The Morgan fingerprint density at radius 3 is 2.53 bits per heavy atom. The predicted octanol–water partition coefficient (Wildman–Crippen LogP) is 1.75. The smallest absolute Gasteiger partial charge is 0.131 e. The molecule has 5 heteroatoms. The molecule has 2 atom stereocenters. The second-order valence-electron chi connectivity index (χ2n) is 5.13. The van der Waals surface area contributed by atoms with Crippen LogP contribution in [0.25, 0.3) is 0 Å². The highest BCUT2D eigenvalue weighted by Gasteiger charge is 2.34. The zero-order valence-corrected chi connectivity index (χ0v) is 11.1. The van der Waals surface area contributed by atoms with Crippen molar-refractivity contribution in [3.63, 3.8) is 0 Å². The van der Waals surface area contributed by atoms with E-state index in [0.717, 1.165) is 36.0 Å². The second kappa shape index (κ2) is 4.26. The minimum atomic E-state index is 0.435. The number of halogens is 1. The maximum atomic E-state index is 6.26. The van der Waals surface area contributed by atoms with E-state index in [-0.39, 0.29) is 0 Å². The number of aromatic nitrogens is 2. The molecule has 0 aromatic carbocycles.